The Balaban J connectivity index is 2.06. The Bertz CT molecular complexity index is 508. The van der Waals surface area contributed by atoms with E-state index in [1.807, 2.05) is 12.1 Å². The Morgan fingerprint density at radius 2 is 1.95 bits per heavy atom. The van der Waals surface area contributed by atoms with Crippen molar-refractivity contribution in [2.75, 3.05) is 7.11 Å². The lowest BCUT2D eigenvalue weighted by atomic mass is 9.82. The molecule has 2 heteroatoms. The van der Waals surface area contributed by atoms with E-state index in [1.54, 1.807) is 7.11 Å². The van der Waals surface area contributed by atoms with E-state index in [1.165, 1.54) is 31.3 Å². The van der Waals surface area contributed by atoms with Crippen LogP contribution in [0.4, 0.5) is 0 Å². The first-order valence-electron chi connectivity index (χ1n) is 7.20. The van der Waals surface area contributed by atoms with Gasteiger partial charge in [-0.2, -0.15) is 0 Å². The molecule has 0 aromatic heterocycles. The number of para-hydroxylation sites is 1. The summed E-state index contributed by atoms with van der Waals surface area (Å²) in [6.45, 7) is 4.35. The molecule has 0 atom stereocenters. The largest absolute Gasteiger partial charge is 0.493 e. The van der Waals surface area contributed by atoms with Crippen LogP contribution in [0.5, 0.6) is 11.5 Å². The van der Waals surface area contributed by atoms with Crippen LogP contribution in [0.2, 0.25) is 0 Å². The Morgan fingerprint density at radius 3 is 2.63 bits per heavy atom. The van der Waals surface area contributed by atoms with Gasteiger partial charge in [-0.3, -0.25) is 0 Å². The van der Waals surface area contributed by atoms with Crippen LogP contribution >= 0.6 is 0 Å². The first kappa shape index (κ1) is 12.6. The van der Waals surface area contributed by atoms with Crippen molar-refractivity contribution in [2.24, 2.45) is 5.92 Å². The summed E-state index contributed by atoms with van der Waals surface area (Å²) in [5.74, 6) is 2.40. The molecule has 2 nitrogen and oxygen atoms in total. The minimum absolute atomic E-state index is 0.226. The maximum atomic E-state index is 6.27. The molecular formula is C17H22O2. The third-order valence-electron chi connectivity index (χ3n) is 4.39. The van der Waals surface area contributed by atoms with Gasteiger partial charge in [0.15, 0.2) is 11.5 Å². The van der Waals surface area contributed by atoms with Crippen molar-refractivity contribution in [3.63, 3.8) is 0 Å². The Morgan fingerprint density at radius 1 is 1.21 bits per heavy atom. The van der Waals surface area contributed by atoms with Gasteiger partial charge >= 0.3 is 0 Å². The van der Waals surface area contributed by atoms with E-state index < -0.39 is 0 Å². The molecule has 102 valence electrons. The van der Waals surface area contributed by atoms with Crippen molar-refractivity contribution in [3.05, 3.63) is 29.3 Å². The van der Waals surface area contributed by atoms with E-state index >= 15 is 0 Å². The number of ether oxygens (including phenoxy) is 2. The summed E-state index contributed by atoms with van der Waals surface area (Å²) >= 11 is 0. The standard InChI is InChI=1S/C17H22O2/c1-17(2)14(12-7-4-5-8-12)11-13-9-6-10-15(18-3)16(13)19-17/h6,9-12H,4-5,7-8H2,1-3H3. The van der Waals surface area contributed by atoms with Crippen LogP contribution < -0.4 is 9.47 Å². The zero-order valence-electron chi connectivity index (χ0n) is 12.0. The van der Waals surface area contributed by atoms with Crippen LogP contribution in [0.3, 0.4) is 0 Å². The second-order valence-corrected chi connectivity index (χ2v) is 6.07. The predicted molar refractivity (Wildman–Crippen MR) is 77.6 cm³/mol. The molecule has 1 heterocycles. The lowest BCUT2D eigenvalue weighted by molar-refractivity contribution is 0.127. The second kappa shape index (κ2) is 4.59. The monoisotopic (exact) mass is 258 g/mol. The fourth-order valence-corrected chi connectivity index (χ4v) is 3.42. The molecule has 0 saturated heterocycles. The summed E-state index contributed by atoms with van der Waals surface area (Å²) in [7, 11) is 1.70. The average Bonchev–Trinajstić information content (AvgIpc) is 2.90. The molecule has 1 aromatic carbocycles. The van der Waals surface area contributed by atoms with E-state index in [0.29, 0.717) is 5.92 Å². The smallest absolute Gasteiger partial charge is 0.169 e. The highest BCUT2D eigenvalue weighted by Gasteiger charge is 2.36. The average molecular weight is 258 g/mol. The van der Waals surface area contributed by atoms with Crippen molar-refractivity contribution in [3.8, 4) is 11.5 Å². The molecule has 1 saturated carbocycles. The van der Waals surface area contributed by atoms with E-state index in [2.05, 4.69) is 26.0 Å². The summed E-state index contributed by atoms with van der Waals surface area (Å²) in [4.78, 5) is 0. The molecule has 1 fully saturated rings. The van der Waals surface area contributed by atoms with Crippen LogP contribution in [-0.2, 0) is 0 Å². The van der Waals surface area contributed by atoms with E-state index in [0.717, 1.165) is 17.1 Å². The molecular weight excluding hydrogens is 236 g/mol. The molecule has 0 amide bonds. The third-order valence-corrected chi connectivity index (χ3v) is 4.39. The molecule has 0 N–H and O–H groups in total. The zero-order chi connectivity index (χ0) is 13.5. The number of benzene rings is 1. The number of rotatable bonds is 2. The number of fused-ring (bicyclic) bond motifs is 1. The van der Waals surface area contributed by atoms with Crippen LogP contribution in [0.15, 0.2) is 23.8 Å². The van der Waals surface area contributed by atoms with E-state index in [-0.39, 0.29) is 5.60 Å². The maximum absolute atomic E-state index is 6.27. The normalized spacial score (nSPS) is 21.5. The Hall–Kier alpha value is -1.44. The summed E-state index contributed by atoms with van der Waals surface area (Å²) in [6.07, 6.45) is 7.64. The highest BCUT2D eigenvalue weighted by Crippen LogP contribution is 2.46. The van der Waals surface area contributed by atoms with Crippen LogP contribution in [0.25, 0.3) is 6.08 Å². The SMILES string of the molecule is COc1cccc2c1OC(C)(C)C(C1CCCC1)=C2. The van der Waals surface area contributed by atoms with E-state index in [9.17, 15) is 0 Å². The van der Waals surface area contributed by atoms with Crippen molar-refractivity contribution in [2.45, 2.75) is 45.1 Å². The lowest BCUT2D eigenvalue weighted by Gasteiger charge is -2.37. The molecule has 19 heavy (non-hydrogen) atoms. The highest BCUT2D eigenvalue weighted by atomic mass is 16.5. The molecule has 2 aliphatic rings. The van der Waals surface area contributed by atoms with Crippen molar-refractivity contribution >= 4 is 6.08 Å². The van der Waals surface area contributed by atoms with Gasteiger partial charge in [0.2, 0.25) is 0 Å². The van der Waals surface area contributed by atoms with E-state index in [4.69, 9.17) is 9.47 Å². The van der Waals surface area contributed by atoms with Crippen LogP contribution in [0.1, 0.15) is 45.1 Å². The second-order valence-electron chi connectivity index (χ2n) is 6.07. The maximum Gasteiger partial charge on any atom is 0.169 e. The first-order chi connectivity index (χ1) is 9.12. The van der Waals surface area contributed by atoms with Gasteiger partial charge in [-0.05, 0) is 50.3 Å². The molecule has 0 unspecified atom stereocenters. The summed E-state index contributed by atoms with van der Waals surface area (Å²) in [5.41, 5.74) is 2.38. The molecule has 1 aliphatic heterocycles. The fraction of sp³-hybridized carbons (Fsp3) is 0.529. The van der Waals surface area contributed by atoms with Gasteiger partial charge in [-0.1, -0.05) is 25.0 Å². The molecule has 0 radical (unpaired) electrons. The van der Waals surface area contributed by atoms with Gasteiger partial charge < -0.3 is 9.47 Å². The van der Waals surface area contributed by atoms with Crippen LogP contribution in [-0.4, -0.2) is 12.7 Å². The number of methoxy groups -OCH3 is 1. The highest BCUT2D eigenvalue weighted by molar-refractivity contribution is 5.68. The van der Waals surface area contributed by atoms with Gasteiger partial charge in [-0.25, -0.2) is 0 Å². The lowest BCUT2D eigenvalue weighted by Crippen LogP contribution is -2.36. The van der Waals surface area contributed by atoms with Gasteiger partial charge in [-0.15, -0.1) is 0 Å². The molecule has 0 bridgehead atoms. The van der Waals surface area contributed by atoms with Gasteiger partial charge in [0.1, 0.15) is 5.60 Å². The fourth-order valence-electron chi connectivity index (χ4n) is 3.42. The molecule has 0 spiro atoms. The molecule has 1 aliphatic carbocycles. The van der Waals surface area contributed by atoms with Crippen molar-refractivity contribution in [1.82, 2.24) is 0 Å². The van der Waals surface area contributed by atoms with Crippen LogP contribution in [0, 0.1) is 5.92 Å². The minimum Gasteiger partial charge on any atom is -0.493 e. The zero-order valence-corrected chi connectivity index (χ0v) is 12.0. The van der Waals surface area contributed by atoms with Gasteiger partial charge in [0, 0.05) is 5.56 Å². The molecule has 1 aromatic rings. The minimum atomic E-state index is -0.226. The molecule has 3 rings (SSSR count). The first-order valence-corrected chi connectivity index (χ1v) is 7.20. The summed E-state index contributed by atoms with van der Waals surface area (Å²) < 4.78 is 11.7. The quantitative estimate of drug-likeness (QED) is 0.780. The third kappa shape index (κ3) is 2.13. The predicted octanol–water partition coefficient (Wildman–Crippen LogP) is 4.44. The van der Waals surface area contributed by atoms with Gasteiger partial charge in [0.05, 0.1) is 7.11 Å². The van der Waals surface area contributed by atoms with Crippen molar-refractivity contribution < 1.29 is 9.47 Å². The Labute approximate surface area is 115 Å². The number of hydrogen-bond acceptors (Lipinski definition) is 2. The topological polar surface area (TPSA) is 18.5 Å². The number of hydrogen-bond donors (Lipinski definition) is 0. The Kier molecular flexibility index (Phi) is 3.04. The summed E-state index contributed by atoms with van der Waals surface area (Å²) in [6, 6.07) is 6.10. The van der Waals surface area contributed by atoms with Crippen molar-refractivity contribution in [1.29, 1.82) is 0 Å². The van der Waals surface area contributed by atoms with Gasteiger partial charge in [0.25, 0.3) is 0 Å². The summed E-state index contributed by atoms with van der Waals surface area (Å²) in [5, 5.41) is 0.